The molecule has 8 nitrogen and oxygen atoms in total. The van der Waals surface area contributed by atoms with Crippen LogP contribution < -0.4 is 5.32 Å². The van der Waals surface area contributed by atoms with Gasteiger partial charge in [0, 0.05) is 23.9 Å². The molecule has 0 saturated carbocycles. The second-order valence-electron chi connectivity index (χ2n) is 5.36. The van der Waals surface area contributed by atoms with E-state index in [0.29, 0.717) is 11.4 Å². The van der Waals surface area contributed by atoms with Crippen molar-refractivity contribution in [3.8, 4) is 0 Å². The zero-order valence-electron chi connectivity index (χ0n) is 14.3. The number of esters is 1. The summed E-state index contributed by atoms with van der Waals surface area (Å²) < 4.78 is 4.88. The fraction of sp³-hybridized carbons (Fsp3) is 0.167. The summed E-state index contributed by atoms with van der Waals surface area (Å²) in [6.45, 7) is 1.28. The molecule has 0 spiro atoms. The van der Waals surface area contributed by atoms with E-state index in [0.717, 1.165) is 11.0 Å². The molecule has 1 aromatic heterocycles. The van der Waals surface area contributed by atoms with Gasteiger partial charge in [-0.2, -0.15) is 0 Å². The molecule has 2 rings (SSSR count). The standard InChI is InChI=1S/C18H16N2O6S/c1-12(21)19-10-14-7-8-17(27-14)16(22)11-26-18(23)9-6-13-4-2-3-5-15(13)20(24)25/h2-9H,10-11H2,1H3,(H,19,21)/b9-6+. The number of benzene rings is 1. The van der Waals surface area contributed by atoms with Gasteiger partial charge in [-0.05, 0) is 24.3 Å². The fourth-order valence-electron chi connectivity index (χ4n) is 2.04. The van der Waals surface area contributed by atoms with Crippen molar-refractivity contribution < 1.29 is 24.0 Å². The lowest BCUT2D eigenvalue weighted by atomic mass is 10.1. The molecule has 9 heteroatoms. The molecule has 0 radical (unpaired) electrons. The maximum absolute atomic E-state index is 12.1. The molecule has 27 heavy (non-hydrogen) atoms. The average molecular weight is 388 g/mol. The summed E-state index contributed by atoms with van der Waals surface area (Å²) in [5, 5.41) is 13.5. The zero-order chi connectivity index (χ0) is 19.8. The molecule has 140 valence electrons. The summed E-state index contributed by atoms with van der Waals surface area (Å²) in [4.78, 5) is 46.2. The highest BCUT2D eigenvalue weighted by molar-refractivity contribution is 7.14. The molecule has 0 fully saturated rings. The Morgan fingerprint density at radius 3 is 2.67 bits per heavy atom. The van der Waals surface area contributed by atoms with Gasteiger partial charge in [0.05, 0.1) is 21.9 Å². The summed E-state index contributed by atoms with van der Waals surface area (Å²) in [6.07, 6.45) is 2.30. The molecule has 0 aliphatic heterocycles. The number of ketones is 1. The van der Waals surface area contributed by atoms with Gasteiger partial charge in [0.1, 0.15) is 0 Å². The summed E-state index contributed by atoms with van der Waals surface area (Å²) in [7, 11) is 0. The lowest BCUT2D eigenvalue weighted by Gasteiger charge is -2.00. The number of carbonyl (C=O) groups is 3. The van der Waals surface area contributed by atoms with Crippen LogP contribution in [0.25, 0.3) is 6.08 Å². The Labute approximate surface area is 158 Å². The summed E-state index contributed by atoms with van der Waals surface area (Å²) >= 11 is 1.20. The van der Waals surface area contributed by atoms with Crippen molar-refractivity contribution in [1.29, 1.82) is 0 Å². The van der Waals surface area contributed by atoms with Crippen molar-refractivity contribution >= 4 is 40.8 Å². The van der Waals surface area contributed by atoms with Gasteiger partial charge in [0.2, 0.25) is 11.7 Å². The Kier molecular flexibility index (Phi) is 6.95. The van der Waals surface area contributed by atoms with Crippen molar-refractivity contribution in [2.45, 2.75) is 13.5 Å². The van der Waals surface area contributed by atoms with Gasteiger partial charge in [-0.15, -0.1) is 11.3 Å². The van der Waals surface area contributed by atoms with Crippen LogP contribution in [0.4, 0.5) is 5.69 Å². The van der Waals surface area contributed by atoms with Crippen LogP contribution >= 0.6 is 11.3 Å². The maximum atomic E-state index is 12.1. The van der Waals surface area contributed by atoms with Crippen LogP contribution in [-0.4, -0.2) is 29.2 Å². The van der Waals surface area contributed by atoms with Gasteiger partial charge in [-0.3, -0.25) is 19.7 Å². The predicted molar refractivity (Wildman–Crippen MR) is 99.3 cm³/mol. The molecular formula is C18H16N2O6S. The molecule has 1 N–H and O–H groups in total. The third-order valence-corrected chi connectivity index (χ3v) is 4.45. The van der Waals surface area contributed by atoms with Gasteiger partial charge < -0.3 is 10.1 Å². The van der Waals surface area contributed by atoms with Gasteiger partial charge in [0.25, 0.3) is 5.69 Å². The predicted octanol–water partition coefficient (Wildman–Crippen LogP) is 2.73. The van der Waals surface area contributed by atoms with Crippen LogP contribution in [0.3, 0.4) is 0 Å². The Bertz CT molecular complexity index is 903. The lowest BCUT2D eigenvalue weighted by molar-refractivity contribution is -0.385. The maximum Gasteiger partial charge on any atom is 0.331 e. The fourth-order valence-corrected chi connectivity index (χ4v) is 2.91. The van der Waals surface area contributed by atoms with E-state index in [4.69, 9.17) is 4.74 Å². The Balaban J connectivity index is 1.89. The van der Waals surface area contributed by atoms with Crippen LogP contribution in [0, 0.1) is 10.1 Å². The third-order valence-electron chi connectivity index (χ3n) is 3.33. The van der Waals surface area contributed by atoms with Crippen LogP contribution in [0.15, 0.2) is 42.5 Å². The summed E-state index contributed by atoms with van der Waals surface area (Å²) in [5.41, 5.74) is 0.120. The molecule has 1 heterocycles. The van der Waals surface area contributed by atoms with E-state index in [-0.39, 0.29) is 22.9 Å². The van der Waals surface area contributed by atoms with Crippen LogP contribution in [0.1, 0.15) is 27.0 Å². The number of nitrogens with one attached hydrogen (secondary N) is 1. The highest BCUT2D eigenvalue weighted by Gasteiger charge is 2.13. The normalized spacial score (nSPS) is 10.6. The van der Waals surface area contributed by atoms with E-state index in [2.05, 4.69) is 5.32 Å². The number of thiophene rings is 1. The molecule has 0 aliphatic carbocycles. The number of nitro benzene ring substituents is 1. The van der Waals surface area contributed by atoms with Crippen molar-refractivity contribution in [1.82, 2.24) is 5.32 Å². The summed E-state index contributed by atoms with van der Waals surface area (Å²) in [6, 6.07) is 9.26. The van der Waals surface area contributed by atoms with Crippen LogP contribution in [-0.2, 0) is 20.9 Å². The van der Waals surface area contributed by atoms with Crippen molar-refractivity contribution in [2.24, 2.45) is 0 Å². The minimum Gasteiger partial charge on any atom is -0.454 e. The van der Waals surface area contributed by atoms with Gasteiger partial charge >= 0.3 is 5.97 Å². The largest absolute Gasteiger partial charge is 0.454 e. The molecule has 0 aliphatic rings. The lowest BCUT2D eigenvalue weighted by Crippen LogP contribution is -2.18. The number of Topliss-reactive ketones (excluding diaryl/α,β-unsaturated/α-hetero) is 1. The highest BCUT2D eigenvalue weighted by atomic mass is 32.1. The van der Waals surface area contributed by atoms with E-state index in [9.17, 15) is 24.5 Å². The molecular weight excluding hydrogens is 372 g/mol. The Morgan fingerprint density at radius 2 is 1.96 bits per heavy atom. The number of carbonyl (C=O) groups excluding carboxylic acids is 3. The third kappa shape index (κ3) is 6.15. The zero-order valence-corrected chi connectivity index (χ0v) is 15.2. The quantitative estimate of drug-likeness (QED) is 0.244. The number of para-hydroxylation sites is 1. The van der Waals surface area contributed by atoms with Crippen LogP contribution in [0.2, 0.25) is 0 Å². The van der Waals surface area contributed by atoms with E-state index in [1.807, 2.05) is 0 Å². The number of amides is 1. The minimum atomic E-state index is -0.781. The van der Waals surface area contributed by atoms with Crippen molar-refractivity contribution in [3.05, 3.63) is 67.9 Å². The Morgan fingerprint density at radius 1 is 1.22 bits per heavy atom. The Hall–Kier alpha value is -3.33. The number of hydrogen-bond acceptors (Lipinski definition) is 7. The number of nitrogens with zero attached hydrogens (tertiary/aromatic N) is 1. The van der Waals surface area contributed by atoms with E-state index in [1.165, 1.54) is 42.5 Å². The smallest absolute Gasteiger partial charge is 0.331 e. The van der Waals surface area contributed by atoms with Crippen molar-refractivity contribution in [2.75, 3.05) is 6.61 Å². The topological polar surface area (TPSA) is 116 Å². The molecule has 0 unspecified atom stereocenters. The first-order valence-corrected chi connectivity index (χ1v) is 8.63. The first-order valence-electron chi connectivity index (χ1n) is 7.81. The first-order chi connectivity index (χ1) is 12.9. The minimum absolute atomic E-state index is 0.136. The monoisotopic (exact) mass is 388 g/mol. The number of nitro groups is 1. The van der Waals surface area contributed by atoms with E-state index in [1.54, 1.807) is 18.2 Å². The van der Waals surface area contributed by atoms with Gasteiger partial charge in [0.15, 0.2) is 6.61 Å². The average Bonchev–Trinajstić information content (AvgIpc) is 3.12. The summed E-state index contributed by atoms with van der Waals surface area (Å²) in [5.74, 6) is -1.33. The molecule has 1 aromatic carbocycles. The first kappa shape index (κ1) is 20.0. The number of rotatable bonds is 8. The van der Waals surface area contributed by atoms with E-state index < -0.39 is 17.5 Å². The van der Waals surface area contributed by atoms with Crippen LogP contribution in [0.5, 0.6) is 0 Å². The van der Waals surface area contributed by atoms with Gasteiger partial charge in [-0.25, -0.2) is 4.79 Å². The second kappa shape index (κ2) is 9.39. The molecule has 2 aromatic rings. The SMILES string of the molecule is CC(=O)NCc1ccc(C(=O)COC(=O)/C=C/c2ccccc2[N+](=O)[O-])s1. The second-order valence-corrected chi connectivity index (χ2v) is 6.52. The molecule has 0 saturated heterocycles. The van der Waals surface area contributed by atoms with Gasteiger partial charge in [-0.1, -0.05) is 12.1 Å². The highest BCUT2D eigenvalue weighted by Crippen LogP contribution is 2.19. The number of ether oxygens (including phenoxy) is 1. The van der Waals surface area contributed by atoms with E-state index >= 15 is 0 Å². The molecule has 0 atom stereocenters. The van der Waals surface area contributed by atoms with Crippen molar-refractivity contribution in [3.63, 3.8) is 0 Å². The molecule has 0 bridgehead atoms. The number of hydrogen-bond donors (Lipinski definition) is 1. The molecule has 1 amide bonds.